The lowest BCUT2D eigenvalue weighted by atomic mass is 9.98. The first kappa shape index (κ1) is 18.3. The Labute approximate surface area is 154 Å². The Kier molecular flexibility index (Phi) is 4.91. The van der Waals surface area contributed by atoms with Crippen molar-refractivity contribution in [1.29, 1.82) is 0 Å². The molecule has 0 fully saturated rings. The summed E-state index contributed by atoms with van der Waals surface area (Å²) < 4.78 is 36.5. The van der Waals surface area contributed by atoms with Crippen LogP contribution in [0.25, 0.3) is 0 Å². The molecule has 0 N–H and O–H groups in total. The number of benzene rings is 2. The van der Waals surface area contributed by atoms with Gasteiger partial charge in [0.2, 0.25) is 10.0 Å². The van der Waals surface area contributed by atoms with Gasteiger partial charge in [-0.3, -0.25) is 0 Å². The summed E-state index contributed by atoms with van der Waals surface area (Å²) in [6.45, 7) is 2.01. The lowest BCUT2D eigenvalue weighted by Gasteiger charge is -2.23. The van der Waals surface area contributed by atoms with Crippen LogP contribution in [0, 0.1) is 6.92 Å². The highest BCUT2D eigenvalue weighted by molar-refractivity contribution is 7.88. The van der Waals surface area contributed by atoms with Crippen molar-refractivity contribution in [3.8, 4) is 11.5 Å². The summed E-state index contributed by atoms with van der Waals surface area (Å²) >= 11 is 0. The van der Waals surface area contributed by atoms with Crippen LogP contribution in [0.2, 0.25) is 0 Å². The van der Waals surface area contributed by atoms with Gasteiger partial charge in [-0.2, -0.15) is 9.52 Å². The molecule has 0 spiro atoms. The van der Waals surface area contributed by atoms with Crippen molar-refractivity contribution in [2.24, 2.45) is 5.10 Å². The van der Waals surface area contributed by atoms with Gasteiger partial charge < -0.3 is 9.47 Å². The molecule has 2 aromatic carbocycles. The average molecular weight is 374 g/mol. The third-order valence-electron chi connectivity index (χ3n) is 4.40. The van der Waals surface area contributed by atoms with Crippen molar-refractivity contribution in [2.75, 3.05) is 20.5 Å². The molecule has 2 aromatic rings. The van der Waals surface area contributed by atoms with Crippen LogP contribution in [0.5, 0.6) is 11.5 Å². The first-order valence-electron chi connectivity index (χ1n) is 8.19. The van der Waals surface area contributed by atoms with Crippen LogP contribution in [0.3, 0.4) is 0 Å². The van der Waals surface area contributed by atoms with Gasteiger partial charge in [0.05, 0.1) is 32.2 Å². The van der Waals surface area contributed by atoms with Gasteiger partial charge in [0, 0.05) is 18.1 Å². The molecule has 0 saturated carbocycles. The Morgan fingerprint density at radius 2 is 1.77 bits per heavy atom. The first-order chi connectivity index (χ1) is 12.3. The van der Waals surface area contributed by atoms with Gasteiger partial charge >= 0.3 is 0 Å². The van der Waals surface area contributed by atoms with Crippen LogP contribution in [0.1, 0.15) is 29.2 Å². The molecule has 3 rings (SSSR count). The summed E-state index contributed by atoms with van der Waals surface area (Å²) in [7, 11) is -0.400. The summed E-state index contributed by atoms with van der Waals surface area (Å²) in [4.78, 5) is 0. The quantitative estimate of drug-likeness (QED) is 0.806. The van der Waals surface area contributed by atoms with Gasteiger partial charge in [-0.05, 0) is 24.6 Å². The Hall–Kier alpha value is -2.54. The fourth-order valence-corrected chi connectivity index (χ4v) is 3.94. The van der Waals surface area contributed by atoms with Crippen molar-refractivity contribution in [1.82, 2.24) is 4.41 Å². The Balaban J connectivity index is 2.04. The van der Waals surface area contributed by atoms with E-state index in [0.29, 0.717) is 17.9 Å². The smallest absolute Gasteiger partial charge is 0.247 e. The van der Waals surface area contributed by atoms with Gasteiger partial charge in [0.25, 0.3) is 0 Å². The van der Waals surface area contributed by atoms with Gasteiger partial charge in [-0.25, -0.2) is 8.42 Å². The van der Waals surface area contributed by atoms with Crippen LogP contribution in [-0.2, 0) is 10.0 Å². The molecule has 1 aliphatic heterocycles. The van der Waals surface area contributed by atoms with E-state index in [2.05, 4.69) is 5.10 Å². The molecule has 1 aliphatic rings. The predicted molar refractivity (Wildman–Crippen MR) is 101 cm³/mol. The minimum atomic E-state index is -3.53. The fraction of sp³-hybridized carbons (Fsp3) is 0.316. The molecule has 1 atom stereocenters. The molecular weight excluding hydrogens is 352 g/mol. The van der Waals surface area contributed by atoms with Gasteiger partial charge in [0.1, 0.15) is 11.5 Å². The topological polar surface area (TPSA) is 68.2 Å². The Bertz CT molecular complexity index is 937. The first-order valence-corrected chi connectivity index (χ1v) is 10.0. The highest BCUT2D eigenvalue weighted by atomic mass is 32.2. The number of hydrazone groups is 1. The second kappa shape index (κ2) is 6.99. The summed E-state index contributed by atoms with van der Waals surface area (Å²) in [5, 5.41) is 4.41. The summed E-state index contributed by atoms with van der Waals surface area (Å²) in [6, 6.07) is 12.8. The van der Waals surface area contributed by atoms with Gasteiger partial charge in [-0.15, -0.1) is 0 Å². The van der Waals surface area contributed by atoms with Crippen molar-refractivity contribution < 1.29 is 17.9 Å². The number of methoxy groups -OCH3 is 2. The summed E-state index contributed by atoms with van der Waals surface area (Å²) in [5.41, 5.74) is 3.54. The normalized spacial score (nSPS) is 17.2. The number of sulfonamides is 1. The molecule has 0 bridgehead atoms. The maximum absolute atomic E-state index is 12.3. The summed E-state index contributed by atoms with van der Waals surface area (Å²) in [6.07, 6.45) is 1.64. The van der Waals surface area contributed by atoms with Crippen LogP contribution < -0.4 is 9.47 Å². The molecule has 26 heavy (non-hydrogen) atoms. The van der Waals surface area contributed by atoms with E-state index in [0.717, 1.165) is 28.7 Å². The molecule has 0 aliphatic carbocycles. The molecule has 0 radical (unpaired) electrons. The zero-order valence-electron chi connectivity index (χ0n) is 15.3. The van der Waals surface area contributed by atoms with Gasteiger partial charge in [-0.1, -0.05) is 29.8 Å². The molecule has 0 unspecified atom stereocenters. The predicted octanol–water partition coefficient (Wildman–Crippen LogP) is 3.12. The Morgan fingerprint density at radius 3 is 2.35 bits per heavy atom. The van der Waals surface area contributed by atoms with Crippen LogP contribution >= 0.6 is 0 Å². The molecule has 7 heteroatoms. The largest absolute Gasteiger partial charge is 0.497 e. The number of aryl methyl sites for hydroxylation is 1. The van der Waals surface area contributed by atoms with Crippen LogP contribution in [0.4, 0.5) is 0 Å². The lowest BCUT2D eigenvalue weighted by Crippen LogP contribution is -2.26. The average Bonchev–Trinajstić information content (AvgIpc) is 3.07. The second-order valence-corrected chi connectivity index (χ2v) is 8.12. The van der Waals surface area contributed by atoms with E-state index < -0.39 is 16.1 Å². The molecule has 138 valence electrons. The zero-order valence-corrected chi connectivity index (χ0v) is 16.1. The van der Waals surface area contributed by atoms with E-state index in [1.807, 2.05) is 37.3 Å². The third-order valence-corrected chi connectivity index (χ3v) is 5.41. The maximum Gasteiger partial charge on any atom is 0.247 e. The third kappa shape index (κ3) is 3.53. The monoisotopic (exact) mass is 374 g/mol. The minimum Gasteiger partial charge on any atom is -0.497 e. The van der Waals surface area contributed by atoms with Gasteiger partial charge in [0.15, 0.2) is 0 Å². The van der Waals surface area contributed by atoms with Crippen LogP contribution in [-0.4, -0.2) is 39.0 Å². The number of nitrogens with zero attached hydrogens (tertiary/aromatic N) is 2. The highest BCUT2D eigenvalue weighted by Gasteiger charge is 2.36. The number of rotatable bonds is 5. The molecule has 0 saturated heterocycles. The number of ether oxygens (including phenoxy) is 2. The van der Waals surface area contributed by atoms with E-state index in [1.54, 1.807) is 26.4 Å². The van der Waals surface area contributed by atoms with E-state index >= 15 is 0 Å². The highest BCUT2D eigenvalue weighted by Crippen LogP contribution is 2.40. The SMILES string of the molecule is COc1ccc([C@H]2CC(c3ccc(C)cc3)=NN2S(C)(=O)=O)c(OC)c1. The van der Waals surface area contributed by atoms with Crippen LogP contribution in [0.15, 0.2) is 47.6 Å². The number of hydrogen-bond donors (Lipinski definition) is 0. The van der Waals surface area contributed by atoms with Crippen molar-refractivity contribution in [3.05, 3.63) is 59.2 Å². The Morgan fingerprint density at radius 1 is 1.08 bits per heavy atom. The molecule has 0 aromatic heterocycles. The van der Waals surface area contributed by atoms with E-state index in [1.165, 1.54) is 4.41 Å². The lowest BCUT2D eigenvalue weighted by molar-refractivity contribution is 0.348. The van der Waals surface area contributed by atoms with Crippen molar-refractivity contribution in [2.45, 2.75) is 19.4 Å². The van der Waals surface area contributed by atoms with Crippen molar-refractivity contribution >= 4 is 15.7 Å². The molecular formula is C19H22N2O4S. The minimum absolute atomic E-state index is 0.456. The number of hydrogen-bond acceptors (Lipinski definition) is 5. The van der Waals surface area contributed by atoms with E-state index in [4.69, 9.17) is 9.47 Å². The van der Waals surface area contributed by atoms with E-state index in [9.17, 15) is 8.42 Å². The molecule has 6 nitrogen and oxygen atoms in total. The molecule has 0 amide bonds. The maximum atomic E-state index is 12.3. The summed E-state index contributed by atoms with van der Waals surface area (Å²) in [5.74, 6) is 1.22. The standard InChI is InChI=1S/C19H22N2O4S/c1-13-5-7-14(8-6-13)17-12-18(21(20-17)26(4,22)23)16-10-9-15(24-2)11-19(16)25-3/h5-11,18H,12H2,1-4H3/t18-/m1/s1. The fourth-order valence-electron chi connectivity index (χ4n) is 3.04. The van der Waals surface area contributed by atoms with Crippen molar-refractivity contribution in [3.63, 3.8) is 0 Å². The second-order valence-electron chi connectivity index (χ2n) is 6.28. The molecule has 1 heterocycles. The zero-order chi connectivity index (χ0) is 18.9. The van der Waals surface area contributed by atoms with E-state index in [-0.39, 0.29) is 0 Å².